The molecule has 0 spiro atoms. The van der Waals surface area contributed by atoms with Crippen LogP contribution in [-0.4, -0.2) is 47.2 Å². The number of likely N-dealkylation sites (tertiary alicyclic amines) is 1. The molecule has 2 aromatic heterocycles. The van der Waals surface area contributed by atoms with E-state index in [9.17, 15) is 4.79 Å². The first-order chi connectivity index (χ1) is 10.8. The van der Waals surface area contributed by atoms with Gasteiger partial charge < -0.3 is 10.2 Å². The van der Waals surface area contributed by atoms with Gasteiger partial charge in [0.15, 0.2) is 5.69 Å². The minimum Gasteiger partial charge on any atom is -0.337 e. The van der Waals surface area contributed by atoms with Gasteiger partial charge in [0.2, 0.25) is 0 Å². The zero-order chi connectivity index (χ0) is 15.4. The van der Waals surface area contributed by atoms with E-state index in [4.69, 9.17) is 0 Å². The van der Waals surface area contributed by atoms with Crippen LogP contribution in [-0.2, 0) is 0 Å². The highest BCUT2D eigenvalue weighted by atomic mass is 32.1. The number of rotatable bonds is 5. The van der Waals surface area contributed by atoms with Crippen LogP contribution < -0.4 is 5.32 Å². The van der Waals surface area contributed by atoms with Gasteiger partial charge in [-0.15, -0.1) is 11.3 Å². The standard InChI is InChI=1S/C16H22N4OS/c1-2-17-11-12-5-7-20(8-6-12)16(21)14-10-13(18-19-14)15-4-3-9-22-15/h3-4,9-10,12,17H,2,5-8,11H2,1H3,(H,18,19). The number of carbonyl (C=O) groups excluding carboxylic acids is 1. The van der Waals surface area contributed by atoms with E-state index in [0.29, 0.717) is 11.6 Å². The van der Waals surface area contributed by atoms with Gasteiger partial charge in [0.05, 0.1) is 10.6 Å². The van der Waals surface area contributed by atoms with Gasteiger partial charge >= 0.3 is 0 Å². The summed E-state index contributed by atoms with van der Waals surface area (Å²) in [5.41, 5.74) is 1.44. The minimum atomic E-state index is 0.0426. The highest BCUT2D eigenvalue weighted by molar-refractivity contribution is 7.13. The zero-order valence-electron chi connectivity index (χ0n) is 12.8. The van der Waals surface area contributed by atoms with Crippen LogP contribution in [0.5, 0.6) is 0 Å². The molecule has 6 heteroatoms. The molecular weight excluding hydrogens is 296 g/mol. The van der Waals surface area contributed by atoms with Gasteiger partial charge in [-0.1, -0.05) is 13.0 Å². The van der Waals surface area contributed by atoms with E-state index in [0.717, 1.165) is 49.6 Å². The van der Waals surface area contributed by atoms with Crippen LogP contribution in [0.3, 0.4) is 0 Å². The van der Waals surface area contributed by atoms with Crippen LogP contribution >= 0.6 is 11.3 Å². The average molecular weight is 318 g/mol. The van der Waals surface area contributed by atoms with Crippen LogP contribution in [0.15, 0.2) is 23.6 Å². The number of nitrogens with zero attached hydrogens (tertiary/aromatic N) is 2. The number of carbonyl (C=O) groups is 1. The fraction of sp³-hybridized carbons (Fsp3) is 0.500. The maximum atomic E-state index is 12.5. The Hall–Kier alpha value is -1.66. The van der Waals surface area contributed by atoms with E-state index in [1.54, 1.807) is 11.3 Å². The Morgan fingerprint density at radius 2 is 2.32 bits per heavy atom. The van der Waals surface area contributed by atoms with Crippen LogP contribution in [0.2, 0.25) is 0 Å². The first kappa shape index (κ1) is 15.2. The molecule has 0 saturated carbocycles. The minimum absolute atomic E-state index is 0.0426. The van der Waals surface area contributed by atoms with Gasteiger partial charge in [-0.25, -0.2) is 0 Å². The highest BCUT2D eigenvalue weighted by Gasteiger charge is 2.25. The number of nitrogens with one attached hydrogen (secondary N) is 2. The smallest absolute Gasteiger partial charge is 0.274 e. The molecule has 118 valence electrons. The van der Waals surface area contributed by atoms with Crippen molar-refractivity contribution in [2.24, 2.45) is 5.92 Å². The molecule has 1 aliphatic rings. The molecule has 0 unspecified atom stereocenters. The molecule has 1 amide bonds. The van der Waals surface area contributed by atoms with Crippen LogP contribution in [0.1, 0.15) is 30.3 Å². The van der Waals surface area contributed by atoms with Crippen molar-refractivity contribution in [1.82, 2.24) is 20.4 Å². The molecule has 0 radical (unpaired) electrons. The molecule has 0 aromatic carbocycles. The third kappa shape index (κ3) is 3.39. The normalized spacial score (nSPS) is 16.1. The lowest BCUT2D eigenvalue weighted by atomic mass is 9.96. The molecular formula is C16H22N4OS. The van der Waals surface area contributed by atoms with Gasteiger partial charge in [0, 0.05) is 13.1 Å². The van der Waals surface area contributed by atoms with Crippen molar-refractivity contribution in [2.45, 2.75) is 19.8 Å². The first-order valence-electron chi connectivity index (χ1n) is 7.87. The zero-order valence-corrected chi connectivity index (χ0v) is 13.7. The second kappa shape index (κ2) is 7.07. The number of amides is 1. The summed E-state index contributed by atoms with van der Waals surface area (Å²) in [5, 5.41) is 12.6. The predicted octanol–water partition coefficient (Wildman–Crippen LogP) is 2.60. The summed E-state index contributed by atoms with van der Waals surface area (Å²) < 4.78 is 0. The van der Waals surface area contributed by atoms with Crippen LogP contribution in [0.4, 0.5) is 0 Å². The number of H-pyrrole nitrogens is 1. The van der Waals surface area contributed by atoms with Crippen molar-refractivity contribution in [1.29, 1.82) is 0 Å². The van der Waals surface area contributed by atoms with E-state index < -0.39 is 0 Å². The van der Waals surface area contributed by atoms with Gasteiger partial charge in [0.25, 0.3) is 5.91 Å². The number of aromatic amines is 1. The number of piperidine rings is 1. The summed E-state index contributed by atoms with van der Waals surface area (Å²) in [6.07, 6.45) is 2.14. The number of aromatic nitrogens is 2. The largest absolute Gasteiger partial charge is 0.337 e. The fourth-order valence-electron chi connectivity index (χ4n) is 2.84. The SMILES string of the molecule is CCNCC1CCN(C(=O)c2cc(-c3cccs3)[nH]n2)CC1. The van der Waals surface area contributed by atoms with E-state index in [1.807, 2.05) is 28.5 Å². The predicted molar refractivity (Wildman–Crippen MR) is 89.1 cm³/mol. The summed E-state index contributed by atoms with van der Waals surface area (Å²) in [7, 11) is 0. The molecule has 1 fully saturated rings. The third-order valence-corrected chi connectivity index (χ3v) is 5.07. The highest BCUT2D eigenvalue weighted by Crippen LogP contribution is 2.24. The maximum Gasteiger partial charge on any atom is 0.274 e. The Morgan fingerprint density at radius 3 is 3.00 bits per heavy atom. The summed E-state index contributed by atoms with van der Waals surface area (Å²) in [5.74, 6) is 0.728. The molecule has 22 heavy (non-hydrogen) atoms. The summed E-state index contributed by atoms with van der Waals surface area (Å²) >= 11 is 1.64. The summed E-state index contributed by atoms with van der Waals surface area (Å²) in [4.78, 5) is 15.6. The fourth-order valence-corrected chi connectivity index (χ4v) is 3.53. The topological polar surface area (TPSA) is 61.0 Å². The number of hydrogen-bond donors (Lipinski definition) is 2. The Morgan fingerprint density at radius 1 is 1.50 bits per heavy atom. The second-order valence-electron chi connectivity index (χ2n) is 5.69. The van der Waals surface area contributed by atoms with E-state index in [-0.39, 0.29) is 5.91 Å². The van der Waals surface area contributed by atoms with Crippen LogP contribution in [0, 0.1) is 5.92 Å². The van der Waals surface area contributed by atoms with Gasteiger partial charge in [-0.2, -0.15) is 5.10 Å². The van der Waals surface area contributed by atoms with Crippen molar-refractivity contribution in [3.63, 3.8) is 0 Å². The lowest BCUT2D eigenvalue weighted by Crippen LogP contribution is -2.40. The molecule has 2 N–H and O–H groups in total. The average Bonchev–Trinajstić information content (AvgIpc) is 3.23. The number of hydrogen-bond acceptors (Lipinski definition) is 4. The van der Waals surface area contributed by atoms with Gasteiger partial charge in [-0.05, 0) is 49.4 Å². The van der Waals surface area contributed by atoms with Crippen molar-refractivity contribution >= 4 is 17.2 Å². The lowest BCUT2D eigenvalue weighted by Gasteiger charge is -2.31. The lowest BCUT2D eigenvalue weighted by molar-refractivity contribution is 0.0684. The molecule has 0 aliphatic carbocycles. The van der Waals surface area contributed by atoms with E-state index in [1.165, 1.54) is 0 Å². The molecule has 3 rings (SSSR count). The molecule has 0 atom stereocenters. The summed E-state index contributed by atoms with van der Waals surface area (Å²) in [6.45, 7) is 5.86. The molecule has 2 aromatic rings. The Labute approximate surface area is 134 Å². The van der Waals surface area contributed by atoms with Gasteiger partial charge in [0.1, 0.15) is 0 Å². The third-order valence-electron chi connectivity index (χ3n) is 4.17. The van der Waals surface area contributed by atoms with Crippen molar-refractivity contribution < 1.29 is 4.79 Å². The Bertz CT molecular complexity index is 599. The van der Waals surface area contributed by atoms with E-state index >= 15 is 0 Å². The molecule has 0 bridgehead atoms. The molecule has 1 saturated heterocycles. The second-order valence-corrected chi connectivity index (χ2v) is 6.64. The summed E-state index contributed by atoms with van der Waals surface area (Å²) in [6, 6.07) is 5.88. The van der Waals surface area contributed by atoms with Crippen molar-refractivity contribution in [3.05, 3.63) is 29.3 Å². The van der Waals surface area contributed by atoms with Crippen LogP contribution in [0.25, 0.3) is 10.6 Å². The molecule has 1 aliphatic heterocycles. The maximum absolute atomic E-state index is 12.5. The Kier molecular flexibility index (Phi) is 4.90. The van der Waals surface area contributed by atoms with Gasteiger partial charge in [-0.3, -0.25) is 9.89 Å². The van der Waals surface area contributed by atoms with Crippen molar-refractivity contribution in [3.8, 4) is 10.6 Å². The van der Waals surface area contributed by atoms with Crippen molar-refractivity contribution in [2.75, 3.05) is 26.2 Å². The number of thiophene rings is 1. The quantitative estimate of drug-likeness (QED) is 0.891. The molecule has 3 heterocycles. The first-order valence-corrected chi connectivity index (χ1v) is 8.75. The Balaban J connectivity index is 1.58. The van der Waals surface area contributed by atoms with E-state index in [2.05, 4.69) is 22.4 Å². The molecule has 5 nitrogen and oxygen atoms in total. The monoisotopic (exact) mass is 318 g/mol.